The minimum absolute atomic E-state index is 0.118. The van der Waals surface area contributed by atoms with Crippen molar-refractivity contribution in [1.82, 2.24) is 29.9 Å². The lowest BCUT2D eigenvalue weighted by Crippen LogP contribution is -2.34. The van der Waals surface area contributed by atoms with Crippen molar-refractivity contribution in [3.8, 4) is 0 Å². The number of fused-ring (bicyclic) bond motifs is 1. The van der Waals surface area contributed by atoms with Crippen LogP contribution in [0, 0.1) is 0 Å². The summed E-state index contributed by atoms with van der Waals surface area (Å²) in [5, 5.41) is 15.2. The minimum atomic E-state index is -0.308. The van der Waals surface area contributed by atoms with Gasteiger partial charge in [0.25, 0.3) is 5.56 Å². The topological polar surface area (TPSA) is 97.9 Å². The van der Waals surface area contributed by atoms with Gasteiger partial charge in [-0.3, -0.25) is 9.59 Å². The van der Waals surface area contributed by atoms with Crippen LogP contribution in [0.2, 0.25) is 0 Å². The van der Waals surface area contributed by atoms with Gasteiger partial charge in [-0.2, -0.15) is 5.10 Å². The van der Waals surface area contributed by atoms with Crippen LogP contribution in [-0.4, -0.2) is 44.5 Å². The highest BCUT2D eigenvalue weighted by Crippen LogP contribution is 2.14. The van der Waals surface area contributed by atoms with E-state index >= 15 is 0 Å². The Balaban J connectivity index is 1.60. The highest BCUT2D eigenvalue weighted by atomic mass is 16.2. The monoisotopic (exact) mass is 345 g/mol. The molecule has 0 aromatic carbocycles. The van der Waals surface area contributed by atoms with Crippen molar-refractivity contribution >= 4 is 11.6 Å². The second-order valence-corrected chi connectivity index (χ2v) is 6.38. The number of rotatable bonds is 5. The van der Waals surface area contributed by atoms with Crippen molar-refractivity contribution in [3.63, 3.8) is 0 Å². The third-order valence-corrected chi connectivity index (χ3v) is 4.29. The fraction of sp³-hybridized carbons (Fsp3) is 0.562. The minimum Gasteiger partial charge on any atom is -0.376 e. The van der Waals surface area contributed by atoms with E-state index in [1.165, 1.54) is 12.5 Å². The maximum Gasteiger partial charge on any atom is 0.269 e. The van der Waals surface area contributed by atoms with E-state index in [9.17, 15) is 9.59 Å². The molecule has 1 aliphatic rings. The van der Waals surface area contributed by atoms with Gasteiger partial charge in [-0.1, -0.05) is 6.42 Å². The Morgan fingerprint density at radius 3 is 2.88 bits per heavy atom. The van der Waals surface area contributed by atoms with Crippen molar-refractivity contribution in [2.24, 2.45) is 0 Å². The molecule has 1 aliphatic heterocycles. The predicted molar refractivity (Wildman–Crippen MR) is 92.2 cm³/mol. The Morgan fingerprint density at radius 2 is 2.12 bits per heavy atom. The second-order valence-electron chi connectivity index (χ2n) is 6.38. The summed E-state index contributed by atoms with van der Waals surface area (Å²) in [6.07, 6.45) is 5.91. The number of carbonyl (C=O) groups is 1. The van der Waals surface area contributed by atoms with Crippen LogP contribution in [0.4, 0.5) is 5.69 Å². The SMILES string of the molecule is CN(C)c1cnn(CC(=O)NCc2nnc3n2CCCCC3)c(=O)c1. The summed E-state index contributed by atoms with van der Waals surface area (Å²) < 4.78 is 3.23. The Kier molecular flexibility index (Phi) is 5.11. The number of hydrogen-bond donors (Lipinski definition) is 1. The first-order chi connectivity index (χ1) is 12.0. The van der Waals surface area contributed by atoms with Crippen LogP contribution < -0.4 is 15.8 Å². The number of carbonyl (C=O) groups excluding carboxylic acids is 1. The Labute approximate surface area is 145 Å². The van der Waals surface area contributed by atoms with Crippen LogP contribution in [0.3, 0.4) is 0 Å². The van der Waals surface area contributed by atoms with Crippen molar-refractivity contribution in [2.75, 3.05) is 19.0 Å². The number of amides is 1. The third-order valence-electron chi connectivity index (χ3n) is 4.29. The highest BCUT2D eigenvalue weighted by molar-refractivity contribution is 5.75. The molecule has 134 valence electrons. The quantitative estimate of drug-likeness (QED) is 0.815. The molecular weight excluding hydrogens is 322 g/mol. The van der Waals surface area contributed by atoms with Gasteiger partial charge in [-0.05, 0) is 12.8 Å². The molecule has 2 aromatic rings. The molecule has 0 unspecified atom stereocenters. The van der Waals surface area contributed by atoms with E-state index in [-0.39, 0.29) is 18.0 Å². The van der Waals surface area contributed by atoms with Crippen molar-refractivity contribution in [1.29, 1.82) is 0 Å². The molecule has 0 aliphatic carbocycles. The third kappa shape index (κ3) is 4.04. The van der Waals surface area contributed by atoms with Crippen molar-refractivity contribution in [2.45, 2.75) is 45.3 Å². The average molecular weight is 345 g/mol. The normalized spacial score (nSPS) is 13.8. The van der Waals surface area contributed by atoms with Crippen LogP contribution in [-0.2, 0) is 30.8 Å². The first-order valence-electron chi connectivity index (χ1n) is 8.47. The lowest BCUT2D eigenvalue weighted by Gasteiger charge is -2.12. The molecule has 0 saturated carbocycles. The van der Waals surface area contributed by atoms with E-state index in [0.717, 1.165) is 42.1 Å². The lowest BCUT2D eigenvalue weighted by atomic mass is 10.2. The fourth-order valence-electron chi connectivity index (χ4n) is 2.83. The largest absolute Gasteiger partial charge is 0.376 e. The summed E-state index contributed by atoms with van der Waals surface area (Å²) in [6.45, 7) is 1.07. The van der Waals surface area contributed by atoms with E-state index in [1.807, 2.05) is 14.1 Å². The number of anilines is 1. The molecule has 0 bridgehead atoms. The number of nitrogens with one attached hydrogen (secondary N) is 1. The number of aromatic nitrogens is 5. The van der Waals surface area contributed by atoms with Crippen LogP contribution >= 0.6 is 0 Å². The van der Waals surface area contributed by atoms with Crippen molar-refractivity contribution in [3.05, 3.63) is 34.3 Å². The van der Waals surface area contributed by atoms with Gasteiger partial charge in [-0.25, -0.2) is 4.68 Å². The maximum absolute atomic E-state index is 12.1. The Hall–Kier alpha value is -2.71. The smallest absolute Gasteiger partial charge is 0.269 e. The van der Waals surface area contributed by atoms with Crippen LogP contribution in [0.15, 0.2) is 17.1 Å². The molecule has 3 heterocycles. The summed E-state index contributed by atoms with van der Waals surface area (Å²) in [6, 6.07) is 1.46. The van der Waals surface area contributed by atoms with Gasteiger partial charge in [0.05, 0.1) is 18.4 Å². The molecule has 0 radical (unpaired) electrons. The summed E-state index contributed by atoms with van der Waals surface area (Å²) in [4.78, 5) is 25.9. The molecule has 1 amide bonds. The van der Waals surface area contributed by atoms with Gasteiger partial charge in [0, 0.05) is 33.1 Å². The number of hydrogen-bond acceptors (Lipinski definition) is 6. The molecule has 0 saturated heterocycles. The second kappa shape index (κ2) is 7.45. The molecule has 2 aromatic heterocycles. The average Bonchev–Trinajstić information content (AvgIpc) is 2.81. The van der Waals surface area contributed by atoms with E-state index < -0.39 is 0 Å². The molecule has 0 spiro atoms. The molecule has 9 heteroatoms. The van der Waals surface area contributed by atoms with Gasteiger partial charge in [-0.15, -0.1) is 10.2 Å². The van der Waals surface area contributed by atoms with Crippen LogP contribution in [0.5, 0.6) is 0 Å². The molecular formula is C16H23N7O2. The van der Waals surface area contributed by atoms with E-state index in [2.05, 4.69) is 25.2 Å². The number of nitrogens with zero attached hydrogens (tertiary/aromatic N) is 6. The first-order valence-corrected chi connectivity index (χ1v) is 8.47. The van der Waals surface area contributed by atoms with Gasteiger partial charge in [0.15, 0.2) is 5.82 Å². The molecule has 0 atom stereocenters. The molecule has 0 fully saturated rings. The molecule has 3 rings (SSSR count). The zero-order valence-corrected chi connectivity index (χ0v) is 14.6. The Bertz CT molecular complexity index is 809. The van der Waals surface area contributed by atoms with Crippen LogP contribution in [0.25, 0.3) is 0 Å². The predicted octanol–water partition coefficient (Wildman–Crippen LogP) is -0.0564. The molecule has 1 N–H and O–H groups in total. The summed E-state index contributed by atoms with van der Waals surface area (Å²) in [5.41, 5.74) is 0.394. The van der Waals surface area contributed by atoms with E-state index in [0.29, 0.717) is 12.2 Å². The number of aryl methyl sites for hydroxylation is 1. The van der Waals surface area contributed by atoms with Gasteiger partial charge < -0.3 is 14.8 Å². The van der Waals surface area contributed by atoms with Gasteiger partial charge in [0.2, 0.25) is 5.91 Å². The first kappa shape index (κ1) is 17.1. The summed E-state index contributed by atoms with van der Waals surface area (Å²) in [7, 11) is 3.66. The molecule has 25 heavy (non-hydrogen) atoms. The Morgan fingerprint density at radius 1 is 1.28 bits per heavy atom. The van der Waals surface area contributed by atoms with Gasteiger partial charge in [0.1, 0.15) is 12.4 Å². The fourth-order valence-corrected chi connectivity index (χ4v) is 2.83. The summed E-state index contributed by atoms with van der Waals surface area (Å²) in [5.74, 6) is 1.46. The van der Waals surface area contributed by atoms with Gasteiger partial charge >= 0.3 is 0 Å². The van der Waals surface area contributed by atoms with Crippen LogP contribution in [0.1, 0.15) is 30.9 Å². The van der Waals surface area contributed by atoms with E-state index in [4.69, 9.17) is 0 Å². The zero-order chi connectivity index (χ0) is 17.8. The summed E-state index contributed by atoms with van der Waals surface area (Å²) >= 11 is 0. The lowest BCUT2D eigenvalue weighted by molar-refractivity contribution is -0.122. The van der Waals surface area contributed by atoms with E-state index in [1.54, 1.807) is 11.1 Å². The highest BCUT2D eigenvalue weighted by Gasteiger charge is 2.15. The van der Waals surface area contributed by atoms with Crippen molar-refractivity contribution < 1.29 is 4.79 Å². The maximum atomic E-state index is 12.1. The zero-order valence-electron chi connectivity index (χ0n) is 14.6. The molecule has 9 nitrogen and oxygen atoms in total. The standard InChI is InChI=1S/C16H23N7O2/c1-21(2)12-8-16(25)23(18-9-12)11-15(24)17-10-14-20-19-13-6-4-3-5-7-22(13)14/h8-9H,3-7,10-11H2,1-2H3,(H,17,24).